The van der Waals surface area contributed by atoms with Crippen molar-refractivity contribution in [1.29, 1.82) is 0 Å². The number of rotatable bonds is 6. The number of hydrogen-bond donors (Lipinski definition) is 1. The molecule has 2 heterocycles. The number of hydrogen-bond acceptors (Lipinski definition) is 5. The number of carbonyl (C=O) groups is 1. The summed E-state index contributed by atoms with van der Waals surface area (Å²) < 4.78 is 3.31. The molecule has 140 valence electrons. The molecule has 0 unspecified atom stereocenters. The molecule has 2 N–H and O–H groups in total. The van der Waals surface area contributed by atoms with E-state index in [-0.39, 0.29) is 17.5 Å². The van der Waals surface area contributed by atoms with Crippen LogP contribution in [0.5, 0.6) is 0 Å². The number of aromatic nitrogens is 3. The molecule has 2 fully saturated rings. The zero-order chi connectivity index (χ0) is 18.2. The van der Waals surface area contributed by atoms with E-state index in [9.17, 15) is 9.59 Å². The molecule has 1 saturated carbocycles. The van der Waals surface area contributed by atoms with Crippen LogP contribution >= 0.6 is 0 Å². The van der Waals surface area contributed by atoms with Crippen molar-refractivity contribution in [2.24, 2.45) is 5.73 Å². The van der Waals surface area contributed by atoms with E-state index in [1.165, 1.54) is 0 Å². The second kappa shape index (κ2) is 6.92. The largest absolute Gasteiger partial charge is 0.345 e. The van der Waals surface area contributed by atoms with Gasteiger partial charge in [0.2, 0.25) is 5.91 Å². The summed E-state index contributed by atoms with van der Waals surface area (Å²) in [4.78, 5) is 29.1. The van der Waals surface area contributed by atoms with Crippen LogP contribution in [0.4, 0.5) is 0 Å². The predicted octanol–water partition coefficient (Wildman–Crippen LogP) is -0.176. The Morgan fingerprint density at radius 2 is 2.12 bits per heavy atom. The fourth-order valence-corrected chi connectivity index (χ4v) is 3.53. The Morgan fingerprint density at radius 1 is 1.40 bits per heavy atom. The van der Waals surface area contributed by atoms with Crippen LogP contribution in [0.2, 0.25) is 0 Å². The highest BCUT2D eigenvalue weighted by Crippen LogP contribution is 2.36. The number of carbonyl (C=O) groups excluding carboxylic acids is 1. The van der Waals surface area contributed by atoms with Gasteiger partial charge in [0.05, 0.1) is 12.1 Å². The van der Waals surface area contributed by atoms with E-state index in [1.807, 2.05) is 30.8 Å². The van der Waals surface area contributed by atoms with Crippen LogP contribution < -0.4 is 11.4 Å². The molecule has 0 radical (unpaired) electrons. The van der Waals surface area contributed by atoms with Crippen LogP contribution in [0.15, 0.2) is 4.79 Å². The summed E-state index contributed by atoms with van der Waals surface area (Å²) in [6.07, 6.45) is 3.44. The Kier molecular flexibility index (Phi) is 5.02. The first-order chi connectivity index (χ1) is 11.9. The van der Waals surface area contributed by atoms with Gasteiger partial charge < -0.3 is 15.5 Å². The molecule has 1 amide bonds. The van der Waals surface area contributed by atoms with E-state index < -0.39 is 5.54 Å². The second-order valence-corrected chi connectivity index (χ2v) is 7.66. The van der Waals surface area contributed by atoms with Crippen LogP contribution in [-0.2, 0) is 17.9 Å². The van der Waals surface area contributed by atoms with Crippen LogP contribution in [0.1, 0.15) is 44.3 Å². The third-order valence-electron chi connectivity index (χ3n) is 5.32. The lowest BCUT2D eigenvalue weighted by atomic mass is 9.96. The van der Waals surface area contributed by atoms with Gasteiger partial charge in [-0.15, -0.1) is 0 Å². The molecule has 1 aliphatic carbocycles. The average Bonchev–Trinajstić information content (AvgIpc) is 3.26. The molecule has 25 heavy (non-hydrogen) atoms. The van der Waals surface area contributed by atoms with Crippen molar-refractivity contribution in [3.05, 3.63) is 16.3 Å². The van der Waals surface area contributed by atoms with Crippen molar-refractivity contribution in [1.82, 2.24) is 24.1 Å². The van der Waals surface area contributed by atoms with E-state index >= 15 is 0 Å². The topological polar surface area (TPSA) is 89.4 Å². The lowest BCUT2D eigenvalue weighted by Gasteiger charge is -2.34. The number of nitrogens with two attached hydrogens (primary N) is 1. The molecule has 0 spiro atoms. The molecule has 1 aliphatic heterocycles. The number of amides is 1. The zero-order valence-corrected chi connectivity index (χ0v) is 15.6. The van der Waals surface area contributed by atoms with Crippen molar-refractivity contribution in [3.63, 3.8) is 0 Å². The summed E-state index contributed by atoms with van der Waals surface area (Å²) in [6, 6.07) is 0. The molecule has 1 aromatic rings. The Hall–Kier alpha value is -1.67. The second-order valence-electron chi connectivity index (χ2n) is 7.66. The molecule has 8 nitrogen and oxygen atoms in total. The highest BCUT2D eigenvalue weighted by Gasteiger charge is 2.49. The maximum atomic E-state index is 12.6. The summed E-state index contributed by atoms with van der Waals surface area (Å²) in [5, 5.41) is 4.62. The van der Waals surface area contributed by atoms with Crippen molar-refractivity contribution in [2.45, 2.75) is 57.2 Å². The predicted molar refractivity (Wildman–Crippen MR) is 95.4 cm³/mol. The van der Waals surface area contributed by atoms with E-state index in [0.717, 1.165) is 44.6 Å². The highest BCUT2D eigenvalue weighted by molar-refractivity contribution is 5.89. The van der Waals surface area contributed by atoms with Crippen LogP contribution in [-0.4, -0.2) is 69.3 Å². The van der Waals surface area contributed by atoms with E-state index in [4.69, 9.17) is 5.73 Å². The van der Waals surface area contributed by atoms with Crippen molar-refractivity contribution in [3.8, 4) is 0 Å². The quantitative estimate of drug-likeness (QED) is 0.769. The van der Waals surface area contributed by atoms with Crippen LogP contribution in [0.3, 0.4) is 0 Å². The van der Waals surface area contributed by atoms with Gasteiger partial charge in [-0.3, -0.25) is 9.36 Å². The Balaban J connectivity index is 1.79. The number of piperidine rings is 1. The summed E-state index contributed by atoms with van der Waals surface area (Å²) in [6.45, 7) is 5.28. The third kappa shape index (κ3) is 3.64. The normalized spacial score (nSPS) is 22.4. The highest BCUT2D eigenvalue weighted by atomic mass is 16.2. The molecule has 1 aromatic heterocycles. The van der Waals surface area contributed by atoms with Gasteiger partial charge >= 0.3 is 5.69 Å². The number of nitrogens with zero attached hydrogens (tertiary/aromatic N) is 5. The fourth-order valence-electron chi connectivity index (χ4n) is 3.53. The minimum Gasteiger partial charge on any atom is -0.340 e. The molecule has 8 heteroatoms. The first-order valence-electron chi connectivity index (χ1n) is 9.26. The smallest absolute Gasteiger partial charge is 0.340 e. The van der Waals surface area contributed by atoms with Gasteiger partial charge in [-0.2, -0.15) is 5.10 Å². The summed E-state index contributed by atoms with van der Waals surface area (Å²) >= 11 is 0. The maximum absolute atomic E-state index is 12.6. The molecule has 0 bridgehead atoms. The fraction of sp³-hybridized carbons (Fsp3) is 0.824. The molecule has 3 rings (SSSR count). The van der Waals surface area contributed by atoms with Gasteiger partial charge in [0.1, 0.15) is 5.82 Å². The zero-order valence-electron chi connectivity index (χ0n) is 15.6. The molecule has 1 saturated heterocycles. The van der Waals surface area contributed by atoms with Gasteiger partial charge in [0, 0.05) is 32.1 Å². The first kappa shape index (κ1) is 18.1. The standard InChI is InChI=1S/C17H30N6O2/c1-4-22-14(19-23(16(22)25)11-10-20(2)3)13-6-5-9-21(12-13)15(24)17(18)7-8-17/h13H,4-12,18H2,1-3H3/t13-/m1/s1. The number of likely N-dealkylation sites (N-methyl/N-ethyl adjacent to an activating group) is 1. The minimum absolute atomic E-state index is 0.0553. The third-order valence-corrected chi connectivity index (χ3v) is 5.32. The SMILES string of the molecule is CCn1c([C@@H]2CCCN(C(=O)C3(N)CC3)C2)nn(CCN(C)C)c1=O. The van der Waals surface area contributed by atoms with E-state index in [0.29, 0.717) is 19.6 Å². The summed E-state index contributed by atoms with van der Waals surface area (Å²) in [7, 11) is 3.96. The maximum Gasteiger partial charge on any atom is 0.345 e. The Morgan fingerprint density at radius 3 is 2.72 bits per heavy atom. The van der Waals surface area contributed by atoms with Gasteiger partial charge in [-0.1, -0.05) is 0 Å². The first-order valence-corrected chi connectivity index (χ1v) is 9.26. The lowest BCUT2D eigenvalue weighted by molar-refractivity contribution is -0.134. The van der Waals surface area contributed by atoms with Crippen molar-refractivity contribution >= 4 is 5.91 Å². The average molecular weight is 350 g/mol. The van der Waals surface area contributed by atoms with Crippen molar-refractivity contribution < 1.29 is 4.79 Å². The van der Waals surface area contributed by atoms with Crippen LogP contribution in [0, 0.1) is 0 Å². The molecular weight excluding hydrogens is 320 g/mol. The monoisotopic (exact) mass is 350 g/mol. The minimum atomic E-state index is -0.628. The molecular formula is C17H30N6O2. The summed E-state index contributed by atoms with van der Waals surface area (Å²) in [5.41, 5.74) is 5.40. The molecule has 1 atom stereocenters. The van der Waals surface area contributed by atoms with Gasteiger partial charge in [0.25, 0.3) is 0 Å². The van der Waals surface area contributed by atoms with Crippen molar-refractivity contribution in [2.75, 3.05) is 33.7 Å². The van der Waals surface area contributed by atoms with E-state index in [1.54, 1.807) is 9.25 Å². The Labute approximate surface area is 148 Å². The summed E-state index contributed by atoms with van der Waals surface area (Å²) in [5.74, 6) is 0.980. The van der Waals surface area contributed by atoms with Gasteiger partial charge in [0.15, 0.2) is 0 Å². The van der Waals surface area contributed by atoms with Gasteiger partial charge in [-0.05, 0) is 46.7 Å². The lowest BCUT2D eigenvalue weighted by Crippen LogP contribution is -2.49. The molecule has 2 aliphatic rings. The number of likely N-dealkylation sites (tertiary alicyclic amines) is 1. The Bertz CT molecular complexity index is 688. The van der Waals surface area contributed by atoms with Gasteiger partial charge in [-0.25, -0.2) is 9.48 Å². The molecule has 0 aromatic carbocycles. The van der Waals surface area contributed by atoms with Crippen LogP contribution in [0.25, 0.3) is 0 Å². The van der Waals surface area contributed by atoms with E-state index in [2.05, 4.69) is 5.10 Å².